The normalized spacial score (nSPS) is 13.4. The molecule has 1 atom stereocenters. The van der Waals surface area contributed by atoms with Crippen LogP contribution in [0.4, 0.5) is 0 Å². The van der Waals surface area contributed by atoms with E-state index < -0.39 is 23.8 Å². The molecular formula is C14H21BrN2O7. The first-order chi connectivity index (χ1) is 11.0. The molecule has 0 fully saturated rings. The Balaban J connectivity index is 3.28. The molecule has 9 nitrogen and oxygen atoms in total. The molecule has 24 heavy (non-hydrogen) atoms. The predicted octanol–water partition coefficient (Wildman–Crippen LogP) is -0.686. The largest absolute Gasteiger partial charge is 0.496 e. The summed E-state index contributed by atoms with van der Waals surface area (Å²) >= 11 is 3.21. The predicted molar refractivity (Wildman–Crippen MR) is 86.9 cm³/mol. The molecule has 0 aromatic heterocycles. The third-order valence-corrected chi connectivity index (χ3v) is 3.79. The molecule has 136 valence electrons. The van der Waals surface area contributed by atoms with E-state index in [2.05, 4.69) is 26.6 Å². The summed E-state index contributed by atoms with van der Waals surface area (Å²) in [6.07, 6.45) is -0.973. The molecule has 0 spiro atoms. The van der Waals surface area contributed by atoms with Crippen LogP contribution in [0.15, 0.2) is 16.6 Å². The van der Waals surface area contributed by atoms with Crippen LogP contribution in [0.3, 0.4) is 0 Å². The smallest absolute Gasteiger partial charge is 0.285 e. The Hall–Kier alpha value is -1.43. The minimum atomic E-state index is -3.22. The summed E-state index contributed by atoms with van der Waals surface area (Å²) in [6, 6.07) is 2.55. The highest BCUT2D eigenvalue weighted by Gasteiger charge is 2.51. The number of hydrogen-bond donors (Lipinski definition) is 6. The molecule has 0 saturated heterocycles. The third-order valence-electron chi connectivity index (χ3n) is 3.17. The minimum absolute atomic E-state index is 0.0332. The number of carbonyl (C=O) groups excluding carboxylic acids is 1. The fourth-order valence-corrected chi connectivity index (χ4v) is 2.55. The zero-order valence-electron chi connectivity index (χ0n) is 13.6. The van der Waals surface area contributed by atoms with Crippen molar-refractivity contribution in [2.24, 2.45) is 0 Å². The van der Waals surface area contributed by atoms with Crippen LogP contribution in [-0.4, -0.2) is 52.6 Å². The average molecular weight is 409 g/mol. The molecule has 1 aromatic rings. The lowest BCUT2D eigenvalue weighted by molar-refractivity contribution is -0.382. The van der Waals surface area contributed by atoms with Crippen LogP contribution in [0, 0.1) is 0 Å². The topological polar surface area (TPSA) is 141 Å². The molecule has 1 rings (SSSR count). The Morgan fingerprint density at radius 3 is 2.17 bits per heavy atom. The number of aliphatic hydroxyl groups is 4. The summed E-state index contributed by atoms with van der Waals surface area (Å²) in [4.78, 5) is 11.0. The van der Waals surface area contributed by atoms with Gasteiger partial charge in [-0.15, -0.1) is 0 Å². The number of rotatable bonds is 7. The maximum atomic E-state index is 11.0. The van der Waals surface area contributed by atoms with Crippen molar-refractivity contribution in [3.63, 3.8) is 0 Å². The second-order valence-corrected chi connectivity index (χ2v) is 5.95. The lowest BCUT2D eigenvalue weighted by atomic mass is 10.00. The molecule has 1 aromatic carbocycles. The first-order valence-corrected chi connectivity index (χ1v) is 7.61. The number of ether oxygens (including phenoxy) is 2. The number of halogens is 1. The van der Waals surface area contributed by atoms with Gasteiger partial charge < -0.3 is 35.2 Å². The van der Waals surface area contributed by atoms with Crippen LogP contribution >= 0.6 is 15.9 Å². The number of benzene rings is 1. The molecule has 0 aliphatic rings. The van der Waals surface area contributed by atoms with E-state index in [1.54, 1.807) is 0 Å². The molecule has 0 radical (unpaired) electrons. The van der Waals surface area contributed by atoms with Gasteiger partial charge in [-0.05, 0) is 35.0 Å². The van der Waals surface area contributed by atoms with Crippen molar-refractivity contribution in [2.45, 2.75) is 31.7 Å². The molecule has 0 saturated carbocycles. The van der Waals surface area contributed by atoms with Gasteiger partial charge in [-0.1, -0.05) is 0 Å². The molecule has 1 amide bonds. The monoisotopic (exact) mass is 408 g/mol. The molecule has 0 bridgehead atoms. The van der Waals surface area contributed by atoms with Gasteiger partial charge in [-0.2, -0.15) is 0 Å². The maximum Gasteiger partial charge on any atom is 0.285 e. The summed E-state index contributed by atoms with van der Waals surface area (Å²) in [5.41, 5.74) is -0.363. The van der Waals surface area contributed by atoms with Crippen molar-refractivity contribution in [2.75, 3.05) is 14.2 Å². The van der Waals surface area contributed by atoms with Gasteiger partial charge >= 0.3 is 0 Å². The van der Waals surface area contributed by atoms with E-state index in [1.807, 2.05) is 0 Å². The summed E-state index contributed by atoms with van der Waals surface area (Å²) in [5, 5.41) is 45.4. The highest BCUT2D eigenvalue weighted by molar-refractivity contribution is 9.10. The zero-order valence-corrected chi connectivity index (χ0v) is 15.2. The SMILES string of the molecule is COc1cc(C(O)(O)C(O)(O)NC(C)NC(C)=O)c(OC)cc1Br. The van der Waals surface area contributed by atoms with Crippen LogP contribution in [0.1, 0.15) is 19.4 Å². The molecule has 0 aliphatic carbocycles. The number of carbonyl (C=O) groups is 1. The van der Waals surface area contributed by atoms with E-state index in [9.17, 15) is 25.2 Å². The van der Waals surface area contributed by atoms with Crippen molar-refractivity contribution in [1.82, 2.24) is 10.6 Å². The molecule has 0 heterocycles. The fourth-order valence-electron chi connectivity index (χ4n) is 2.06. The Bertz CT molecular complexity index is 607. The Morgan fingerprint density at radius 2 is 1.71 bits per heavy atom. The highest BCUT2D eigenvalue weighted by Crippen LogP contribution is 2.40. The average Bonchev–Trinajstić information content (AvgIpc) is 2.44. The molecule has 10 heteroatoms. The Kier molecular flexibility index (Phi) is 6.56. The summed E-state index contributed by atoms with van der Waals surface area (Å²) in [5.74, 6) is -6.69. The van der Waals surface area contributed by atoms with Gasteiger partial charge in [-0.3, -0.25) is 4.79 Å². The van der Waals surface area contributed by atoms with Crippen molar-refractivity contribution >= 4 is 21.8 Å². The Morgan fingerprint density at radius 1 is 1.17 bits per heavy atom. The molecular weight excluding hydrogens is 388 g/mol. The summed E-state index contributed by atoms with van der Waals surface area (Å²) < 4.78 is 10.6. The van der Waals surface area contributed by atoms with Crippen LogP contribution in [-0.2, 0) is 10.6 Å². The van der Waals surface area contributed by atoms with Gasteiger partial charge in [0.15, 0.2) is 0 Å². The van der Waals surface area contributed by atoms with Gasteiger partial charge in [0.25, 0.3) is 11.7 Å². The minimum Gasteiger partial charge on any atom is -0.496 e. The van der Waals surface area contributed by atoms with E-state index in [4.69, 9.17) is 9.47 Å². The van der Waals surface area contributed by atoms with Crippen molar-refractivity contribution in [3.05, 3.63) is 22.2 Å². The Labute approximate surface area is 147 Å². The van der Waals surface area contributed by atoms with Gasteiger partial charge in [0.2, 0.25) is 5.91 Å². The first kappa shape index (κ1) is 20.6. The first-order valence-electron chi connectivity index (χ1n) is 6.82. The van der Waals surface area contributed by atoms with E-state index in [-0.39, 0.29) is 17.1 Å². The second kappa shape index (κ2) is 7.64. The maximum absolute atomic E-state index is 11.0. The van der Waals surface area contributed by atoms with Gasteiger partial charge in [0, 0.05) is 6.92 Å². The number of hydrogen-bond acceptors (Lipinski definition) is 8. The number of nitrogens with one attached hydrogen (secondary N) is 2. The highest BCUT2D eigenvalue weighted by atomic mass is 79.9. The van der Waals surface area contributed by atoms with Crippen molar-refractivity contribution < 1.29 is 34.7 Å². The zero-order chi connectivity index (χ0) is 18.7. The van der Waals surface area contributed by atoms with E-state index >= 15 is 0 Å². The summed E-state index contributed by atoms with van der Waals surface area (Å²) in [7, 11) is 2.63. The van der Waals surface area contributed by atoms with Gasteiger partial charge in [0.1, 0.15) is 11.5 Å². The molecule has 0 aliphatic heterocycles. The molecule has 1 unspecified atom stereocenters. The van der Waals surface area contributed by atoms with Crippen LogP contribution in [0.2, 0.25) is 0 Å². The lowest BCUT2D eigenvalue weighted by Crippen LogP contribution is -2.66. The van der Waals surface area contributed by atoms with Crippen LogP contribution in [0.25, 0.3) is 0 Å². The quantitative estimate of drug-likeness (QED) is 0.326. The number of amides is 1. The van der Waals surface area contributed by atoms with Crippen LogP contribution in [0.5, 0.6) is 11.5 Å². The van der Waals surface area contributed by atoms with Gasteiger partial charge in [0.05, 0.1) is 30.4 Å². The molecule has 6 N–H and O–H groups in total. The van der Waals surface area contributed by atoms with Gasteiger partial charge in [-0.25, -0.2) is 5.32 Å². The van der Waals surface area contributed by atoms with Crippen LogP contribution < -0.4 is 20.1 Å². The summed E-state index contributed by atoms with van der Waals surface area (Å²) in [6.45, 7) is 2.61. The third kappa shape index (κ3) is 4.35. The van der Waals surface area contributed by atoms with E-state index in [0.29, 0.717) is 4.47 Å². The number of methoxy groups -OCH3 is 2. The fraction of sp³-hybridized carbons (Fsp3) is 0.500. The van der Waals surface area contributed by atoms with Crippen molar-refractivity contribution in [1.29, 1.82) is 0 Å². The lowest BCUT2D eigenvalue weighted by Gasteiger charge is -2.38. The second-order valence-electron chi connectivity index (χ2n) is 5.10. The standard InChI is InChI=1S/C14H21BrN2O7/c1-7(16-8(2)18)17-14(21,22)13(19,20)9-5-12(24-4)10(15)6-11(9)23-3/h5-7,17,19-22H,1-4H3,(H,16,18). The van der Waals surface area contributed by atoms with Crippen molar-refractivity contribution in [3.8, 4) is 11.5 Å². The van der Waals surface area contributed by atoms with E-state index in [1.165, 1.54) is 40.2 Å². The van der Waals surface area contributed by atoms with E-state index in [0.717, 1.165) is 0 Å².